The molecule has 2 fully saturated rings. The van der Waals surface area contributed by atoms with Gasteiger partial charge in [0.2, 0.25) is 0 Å². The van der Waals surface area contributed by atoms with Gasteiger partial charge in [0.25, 0.3) is 0 Å². The number of carbonyl (C=O) groups is 1. The van der Waals surface area contributed by atoms with Crippen molar-refractivity contribution in [2.45, 2.75) is 32.1 Å². The molecule has 1 atom stereocenters. The fourth-order valence-corrected chi connectivity index (χ4v) is 3.22. The first-order valence-electron chi connectivity index (χ1n) is 6.91. The lowest BCUT2D eigenvalue weighted by atomic mass is 9.77. The van der Waals surface area contributed by atoms with Crippen molar-refractivity contribution in [2.75, 3.05) is 26.2 Å². The van der Waals surface area contributed by atoms with Gasteiger partial charge in [-0.1, -0.05) is 0 Å². The second-order valence-corrected chi connectivity index (χ2v) is 5.46. The Bertz CT molecular complexity index is 246. The Morgan fingerprint density at radius 1 is 1.06 bits per heavy atom. The smallest absolute Gasteiger partial charge is 0.306 e. The first kappa shape index (κ1) is 12.8. The second-order valence-electron chi connectivity index (χ2n) is 5.46. The van der Waals surface area contributed by atoms with Gasteiger partial charge in [-0.25, -0.2) is 0 Å². The van der Waals surface area contributed by atoms with Gasteiger partial charge in [-0.05, 0) is 70.1 Å². The van der Waals surface area contributed by atoms with E-state index in [9.17, 15) is 9.90 Å². The van der Waals surface area contributed by atoms with Crippen molar-refractivity contribution in [3.05, 3.63) is 0 Å². The number of piperidine rings is 2. The number of carboxylic acid groups (broad SMARTS) is 1. The Morgan fingerprint density at radius 3 is 2.12 bits per heavy atom. The van der Waals surface area contributed by atoms with Crippen LogP contribution in [0.2, 0.25) is 0 Å². The molecule has 0 radical (unpaired) electrons. The molecule has 0 saturated carbocycles. The summed E-state index contributed by atoms with van der Waals surface area (Å²) in [6.45, 7) is 4.09. The molecule has 98 valence electrons. The van der Waals surface area contributed by atoms with E-state index in [0.717, 1.165) is 58.3 Å². The Hall–Kier alpha value is -0.610. The number of hydrogen-bond donors (Lipinski definition) is 3. The van der Waals surface area contributed by atoms with E-state index in [-0.39, 0.29) is 5.92 Å². The third-order valence-electron chi connectivity index (χ3n) is 4.32. The molecule has 0 aliphatic carbocycles. The Morgan fingerprint density at radius 2 is 1.59 bits per heavy atom. The molecule has 0 amide bonds. The first-order valence-corrected chi connectivity index (χ1v) is 6.91. The molecule has 0 aromatic carbocycles. The first-order chi connectivity index (χ1) is 8.27. The molecule has 1 unspecified atom stereocenters. The highest BCUT2D eigenvalue weighted by atomic mass is 16.4. The van der Waals surface area contributed by atoms with E-state index in [1.165, 1.54) is 0 Å². The van der Waals surface area contributed by atoms with Crippen molar-refractivity contribution in [1.29, 1.82) is 0 Å². The molecule has 2 rings (SSSR count). The minimum atomic E-state index is -0.574. The van der Waals surface area contributed by atoms with Gasteiger partial charge < -0.3 is 15.7 Å². The number of rotatable bonds is 4. The van der Waals surface area contributed by atoms with Gasteiger partial charge >= 0.3 is 5.97 Å². The van der Waals surface area contributed by atoms with Crippen LogP contribution in [0.5, 0.6) is 0 Å². The fraction of sp³-hybridized carbons (Fsp3) is 0.923. The van der Waals surface area contributed by atoms with Gasteiger partial charge in [-0.2, -0.15) is 0 Å². The van der Waals surface area contributed by atoms with Crippen LogP contribution in [0.1, 0.15) is 32.1 Å². The van der Waals surface area contributed by atoms with Crippen LogP contribution in [0, 0.1) is 17.8 Å². The maximum Gasteiger partial charge on any atom is 0.306 e. The Labute approximate surface area is 103 Å². The monoisotopic (exact) mass is 240 g/mol. The summed E-state index contributed by atoms with van der Waals surface area (Å²) < 4.78 is 0. The summed E-state index contributed by atoms with van der Waals surface area (Å²) >= 11 is 0. The van der Waals surface area contributed by atoms with Gasteiger partial charge in [0.05, 0.1) is 5.92 Å². The molecule has 2 saturated heterocycles. The maximum absolute atomic E-state index is 11.4. The quantitative estimate of drug-likeness (QED) is 0.688. The number of hydrogen-bond acceptors (Lipinski definition) is 3. The molecule has 0 spiro atoms. The average molecular weight is 240 g/mol. The fourth-order valence-electron chi connectivity index (χ4n) is 3.22. The normalized spacial score (nSPS) is 25.6. The molecule has 3 N–H and O–H groups in total. The van der Waals surface area contributed by atoms with Crippen molar-refractivity contribution in [1.82, 2.24) is 10.6 Å². The van der Waals surface area contributed by atoms with Crippen molar-refractivity contribution in [2.24, 2.45) is 17.8 Å². The summed E-state index contributed by atoms with van der Waals surface area (Å²) in [4.78, 5) is 11.4. The molecule has 17 heavy (non-hydrogen) atoms. The largest absolute Gasteiger partial charge is 0.481 e. The van der Waals surface area contributed by atoms with E-state index < -0.39 is 5.97 Å². The van der Waals surface area contributed by atoms with E-state index in [4.69, 9.17) is 0 Å². The van der Waals surface area contributed by atoms with E-state index in [0.29, 0.717) is 11.8 Å². The third-order valence-corrected chi connectivity index (χ3v) is 4.32. The summed E-state index contributed by atoms with van der Waals surface area (Å²) in [6, 6.07) is 0. The van der Waals surface area contributed by atoms with E-state index in [1.54, 1.807) is 0 Å². The number of nitrogens with one attached hydrogen (secondary N) is 2. The average Bonchev–Trinajstić information content (AvgIpc) is 2.38. The van der Waals surface area contributed by atoms with Crippen molar-refractivity contribution >= 4 is 5.97 Å². The van der Waals surface area contributed by atoms with Crippen molar-refractivity contribution < 1.29 is 9.90 Å². The van der Waals surface area contributed by atoms with Gasteiger partial charge in [-0.15, -0.1) is 0 Å². The lowest BCUT2D eigenvalue weighted by Crippen LogP contribution is -2.37. The van der Waals surface area contributed by atoms with Crippen LogP contribution in [0.25, 0.3) is 0 Å². The second kappa shape index (κ2) is 6.36. The van der Waals surface area contributed by atoms with Crippen LogP contribution in [0.3, 0.4) is 0 Å². The summed E-state index contributed by atoms with van der Waals surface area (Å²) in [7, 11) is 0. The molecule has 2 heterocycles. The molecule has 2 aliphatic heterocycles. The highest BCUT2D eigenvalue weighted by Crippen LogP contribution is 2.30. The topological polar surface area (TPSA) is 61.4 Å². The van der Waals surface area contributed by atoms with Crippen LogP contribution >= 0.6 is 0 Å². The van der Waals surface area contributed by atoms with Crippen LogP contribution < -0.4 is 10.6 Å². The summed E-state index contributed by atoms with van der Waals surface area (Å²) in [6.07, 6.45) is 5.25. The molecular formula is C13H24N2O2. The van der Waals surface area contributed by atoms with Crippen molar-refractivity contribution in [3.63, 3.8) is 0 Å². The Kier molecular flexibility index (Phi) is 4.80. The van der Waals surface area contributed by atoms with Gasteiger partial charge in [0.15, 0.2) is 0 Å². The highest BCUT2D eigenvalue weighted by molar-refractivity contribution is 5.70. The molecular weight excluding hydrogens is 216 g/mol. The maximum atomic E-state index is 11.4. The number of carboxylic acids is 1. The zero-order valence-corrected chi connectivity index (χ0v) is 10.5. The lowest BCUT2D eigenvalue weighted by Gasteiger charge is -2.32. The molecule has 2 aliphatic rings. The third kappa shape index (κ3) is 3.68. The highest BCUT2D eigenvalue weighted by Gasteiger charge is 2.31. The summed E-state index contributed by atoms with van der Waals surface area (Å²) in [5.41, 5.74) is 0. The SMILES string of the molecule is O=C(O)C(CC1CCNCC1)C1CCNCC1. The molecule has 0 aromatic heterocycles. The zero-order chi connectivity index (χ0) is 12.1. The van der Waals surface area contributed by atoms with Gasteiger partial charge in [0.1, 0.15) is 0 Å². The predicted molar refractivity (Wildman–Crippen MR) is 66.9 cm³/mol. The molecule has 0 bridgehead atoms. The number of aliphatic carboxylic acids is 1. The summed E-state index contributed by atoms with van der Waals surface area (Å²) in [5, 5.41) is 16.1. The molecule has 4 nitrogen and oxygen atoms in total. The Balaban J connectivity index is 1.88. The van der Waals surface area contributed by atoms with Crippen LogP contribution in [-0.4, -0.2) is 37.3 Å². The van der Waals surface area contributed by atoms with Gasteiger partial charge in [0, 0.05) is 0 Å². The molecule has 4 heteroatoms. The van der Waals surface area contributed by atoms with Crippen LogP contribution in [-0.2, 0) is 4.79 Å². The van der Waals surface area contributed by atoms with Crippen LogP contribution in [0.15, 0.2) is 0 Å². The molecule has 0 aromatic rings. The van der Waals surface area contributed by atoms with Gasteiger partial charge in [-0.3, -0.25) is 4.79 Å². The summed E-state index contributed by atoms with van der Waals surface area (Å²) in [5.74, 6) is 0.325. The van der Waals surface area contributed by atoms with E-state index in [2.05, 4.69) is 10.6 Å². The minimum Gasteiger partial charge on any atom is -0.481 e. The van der Waals surface area contributed by atoms with E-state index >= 15 is 0 Å². The zero-order valence-electron chi connectivity index (χ0n) is 10.5. The van der Waals surface area contributed by atoms with Crippen molar-refractivity contribution in [3.8, 4) is 0 Å². The predicted octanol–water partition coefficient (Wildman–Crippen LogP) is 1.08. The minimum absolute atomic E-state index is 0.111. The van der Waals surface area contributed by atoms with E-state index in [1.807, 2.05) is 0 Å². The lowest BCUT2D eigenvalue weighted by molar-refractivity contribution is -0.145. The standard InChI is InChI=1S/C13H24N2O2/c16-13(17)12(11-3-7-15-8-4-11)9-10-1-5-14-6-2-10/h10-12,14-15H,1-9H2,(H,16,17). The van der Waals surface area contributed by atoms with Crippen LogP contribution in [0.4, 0.5) is 0 Å².